The number of nitrogens with two attached hydrogens (primary N) is 1. The van der Waals surface area contributed by atoms with Crippen LogP contribution in [-0.2, 0) is 4.79 Å². The number of piperidine rings is 1. The molecule has 0 spiro atoms. The molecule has 1 amide bonds. The number of carbonyl (C=O) groups is 1. The number of nitrogens with zero attached hydrogens (tertiary/aromatic N) is 1. The van der Waals surface area contributed by atoms with Gasteiger partial charge < -0.3 is 15.4 Å². The van der Waals surface area contributed by atoms with Crippen LogP contribution in [-0.4, -0.2) is 36.5 Å². The average Bonchev–Trinajstić information content (AvgIpc) is 2.53. The number of ether oxygens (including phenoxy) is 1. The minimum atomic E-state index is -0.381. The van der Waals surface area contributed by atoms with Gasteiger partial charge in [-0.25, -0.2) is 0 Å². The highest BCUT2D eigenvalue weighted by Gasteiger charge is 2.26. The molecule has 2 rings (SSSR count). The summed E-state index contributed by atoms with van der Waals surface area (Å²) in [6, 6.07) is 7.07. The third kappa shape index (κ3) is 5.04. The lowest BCUT2D eigenvalue weighted by molar-refractivity contribution is -0.134. The number of carbonyl (C=O) groups excluding carboxylic acids is 1. The molecule has 1 aromatic carbocycles. The normalized spacial score (nSPS) is 19.2. The molecule has 1 heterocycles. The van der Waals surface area contributed by atoms with Gasteiger partial charge in [-0.1, -0.05) is 30.7 Å². The Hall–Kier alpha value is -0.970. The van der Waals surface area contributed by atoms with Crippen molar-refractivity contribution in [1.29, 1.82) is 0 Å². The molecular weight excluding hydrogens is 323 g/mol. The van der Waals surface area contributed by atoms with Gasteiger partial charge in [0.2, 0.25) is 5.91 Å². The van der Waals surface area contributed by atoms with E-state index < -0.39 is 0 Å². The second-order valence-electron chi connectivity index (χ2n) is 5.55. The molecule has 1 fully saturated rings. The summed E-state index contributed by atoms with van der Waals surface area (Å²) in [4.78, 5) is 14.0. The molecule has 1 aliphatic heterocycles. The van der Waals surface area contributed by atoms with Crippen molar-refractivity contribution in [3.8, 4) is 5.75 Å². The van der Waals surface area contributed by atoms with Crippen LogP contribution in [0.25, 0.3) is 0 Å². The smallest absolute Gasteiger partial charge is 0.239 e. The molecular formula is C16H24Cl2N2O2. The van der Waals surface area contributed by atoms with Crippen molar-refractivity contribution in [2.24, 2.45) is 11.7 Å². The number of hydrogen-bond donors (Lipinski definition) is 1. The summed E-state index contributed by atoms with van der Waals surface area (Å²) >= 11 is 6.08. The first kappa shape index (κ1) is 19.1. The maximum atomic E-state index is 12.1. The van der Waals surface area contributed by atoms with Crippen molar-refractivity contribution < 1.29 is 9.53 Å². The van der Waals surface area contributed by atoms with Gasteiger partial charge in [-0.3, -0.25) is 4.79 Å². The molecule has 0 bridgehead atoms. The highest BCUT2D eigenvalue weighted by Crippen LogP contribution is 2.25. The van der Waals surface area contributed by atoms with E-state index in [4.69, 9.17) is 22.1 Å². The zero-order chi connectivity index (χ0) is 15.2. The number of benzene rings is 1. The molecule has 4 nitrogen and oxygen atoms in total. The molecule has 1 aliphatic rings. The van der Waals surface area contributed by atoms with Crippen LogP contribution in [0.1, 0.15) is 26.2 Å². The van der Waals surface area contributed by atoms with Crippen LogP contribution in [0.2, 0.25) is 5.02 Å². The molecule has 0 radical (unpaired) electrons. The van der Waals surface area contributed by atoms with Crippen molar-refractivity contribution in [2.45, 2.75) is 32.2 Å². The Morgan fingerprint density at radius 3 is 2.91 bits per heavy atom. The van der Waals surface area contributed by atoms with Crippen LogP contribution < -0.4 is 10.5 Å². The lowest BCUT2D eigenvalue weighted by Gasteiger charge is -2.34. The Morgan fingerprint density at radius 1 is 1.50 bits per heavy atom. The van der Waals surface area contributed by atoms with E-state index in [2.05, 4.69) is 0 Å². The highest BCUT2D eigenvalue weighted by molar-refractivity contribution is 6.32. The van der Waals surface area contributed by atoms with E-state index in [9.17, 15) is 4.79 Å². The van der Waals surface area contributed by atoms with Crippen molar-refractivity contribution in [3.05, 3.63) is 29.3 Å². The molecule has 1 aromatic rings. The molecule has 0 saturated carbocycles. The first-order chi connectivity index (χ1) is 10.1. The van der Waals surface area contributed by atoms with E-state index in [1.807, 2.05) is 36.1 Å². The van der Waals surface area contributed by atoms with Crippen molar-refractivity contribution in [3.63, 3.8) is 0 Å². The van der Waals surface area contributed by atoms with Gasteiger partial charge in [-0.15, -0.1) is 12.4 Å². The van der Waals surface area contributed by atoms with Crippen LogP contribution in [0.15, 0.2) is 24.3 Å². The SMILES string of the molecule is CCC(N)C(=O)N1CCCC(COc2ccccc2Cl)C1.Cl. The summed E-state index contributed by atoms with van der Waals surface area (Å²) < 4.78 is 5.79. The van der Waals surface area contributed by atoms with Crippen molar-refractivity contribution in [1.82, 2.24) is 4.90 Å². The Bertz CT molecular complexity index is 485. The molecule has 1 saturated heterocycles. The fraction of sp³-hybridized carbons (Fsp3) is 0.562. The lowest BCUT2D eigenvalue weighted by atomic mass is 9.98. The summed E-state index contributed by atoms with van der Waals surface area (Å²) in [6.07, 6.45) is 2.74. The largest absolute Gasteiger partial charge is 0.492 e. The van der Waals surface area contributed by atoms with Crippen LogP contribution >= 0.6 is 24.0 Å². The van der Waals surface area contributed by atoms with E-state index in [-0.39, 0.29) is 24.4 Å². The van der Waals surface area contributed by atoms with Crippen LogP contribution in [0.3, 0.4) is 0 Å². The number of amides is 1. The number of halogens is 2. The van der Waals surface area contributed by atoms with Gasteiger partial charge >= 0.3 is 0 Å². The average molecular weight is 347 g/mol. The maximum Gasteiger partial charge on any atom is 0.239 e. The molecule has 6 heteroatoms. The maximum absolute atomic E-state index is 12.1. The summed E-state index contributed by atoms with van der Waals surface area (Å²) in [6.45, 7) is 4.03. The van der Waals surface area contributed by atoms with Gasteiger partial charge in [0.25, 0.3) is 0 Å². The summed E-state index contributed by atoms with van der Waals surface area (Å²) in [5, 5.41) is 0.620. The molecule has 0 aliphatic carbocycles. The minimum Gasteiger partial charge on any atom is -0.492 e. The quantitative estimate of drug-likeness (QED) is 0.890. The first-order valence-corrected chi connectivity index (χ1v) is 7.91. The number of rotatable bonds is 5. The predicted molar refractivity (Wildman–Crippen MR) is 91.8 cm³/mol. The predicted octanol–water partition coefficient (Wildman–Crippen LogP) is 3.12. The zero-order valence-electron chi connectivity index (χ0n) is 12.8. The van der Waals surface area contributed by atoms with E-state index in [0.717, 1.165) is 25.9 Å². The van der Waals surface area contributed by atoms with E-state index in [1.54, 1.807) is 0 Å². The number of para-hydroxylation sites is 1. The van der Waals surface area contributed by atoms with Crippen LogP contribution in [0.4, 0.5) is 0 Å². The highest BCUT2D eigenvalue weighted by atomic mass is 35.5. The van der Waals surface area contributed by atoms with Crippen molar-refractivity contribution in [2.75, 3.05) is 19.7 Å². The van der Waals surface area contributed by atoms with E-state index in [1.165, 1.54) is 0 Å². The van der Waals surface area contributed by atoms with Gasteiger partial charge in [-0.05, 0) is 31.4 Å². The first-order valence-electron chi connectivity index (χ1n) is 7.53. The molecule has 2 N–H and O–H groups in total. The number of hydrogen-bond acceptors (Lipinski definition) is 3. The second kappa shape index (κ2) is 9.23. The Morgan fingerprint density at radius 2 is 2.23 bits per heavy atom. The monoisotopic (exact) mass is 346 g/mol. The van der Waals surface area contributed by atoms with E-state index in [0.29, 0.717) is 29.7 Å². The van der Waals surface area contributed by atoms with Crippen LogP contribution in [0.5, 0.6) is 5.75 Å². The van der Waals surface area contributed by atoms with E-state index >= 15 is 0 Å². The topological polar surface area (TPSA) is 55.6 Å². The Balaban J connectivity index is 0.00000242. The van der Waals surface area contributed by atoms with Gasteiger partial charge in [0, 0.05) is 19.0 Å². The molecule has 0 aromatic heterocycles. The minimum absolute atomic E-state index is 0. The molecule has 22 heavy (non-hydrogen) atoms. The Kier molecular flexibility index (Phi) is 8.01. The van der Waals surface area contributed by atoms with Gasteiger partial charge in [0.15, 0.2) is 0 Å². The summed E-state index contributed by atoms with van der Waals surface area (Å²) in [5.74, 6) is 1.09. The number of likely N-dealkylation sites (tertiary alicyclic amines) is 1. The third-order valence-electron chi connectivity index (χ3n) is 3.90. The third-order valence-corrected chi connectivity index (χ3v) is 4.21. The summed E-state index contributed by atoms with van der Waals surface area (Å²) in [5.41, 5.74) is 5.84. The lowest BCUT2D eigenvalue weighted by Crippen LogP contribution is -2.48. The second-order valence-corrected chi connectivity index (χ2v) is 5.96. The van der Waals surface area contributed by atoms with Crippen LogP contribution in [0, 0.1) is 5.92 Å². The molecule has 2 unspecified atom stereocenters. The Labute approximate surface area is 143 Å². The molecule has 124 valence electrons. The molecule has 2 atom stereocenters. The van der Waals surface area contributed by atoms with Gasteiger partial charge in [0.05, 0.1) is 17.7 Å². The van der Waals surface area contributed by atoms with Gasteiger partial charge in [-0.2, -0.15) is 0 Å². The summed E-state index contributed by atoms with van der Waals surface area (Å²) in [7, 11) is 0. The zero-order valence-corrected chi connectivity index (χ0v) is 14.4. The fourth-order valence-electron chi connectivity index (χ4n) is 2.58. The standard InChI is InChI=1S/C16H23ClN2O2.ClH/c1-2-14(18)16(20)19-9-5-6-12(10-19)11-21-15-8-4-3-7-13(15)17;/h3-4,7-8,12,14H,2,5-6,9-11,18H2,1H3;1H. The van der Waals surface area contributed by atoms with Gasteiger partial charge in [0.1, 0.15) is 5.75 Å². The fourth-order valence-corrected chi connectivity index (χ4v) is 2.77. The van der Waals surface area contributed by atoms with Crippen molar-refractivity contribution >= 4 is 29.9 Å².